The summed E-state index contributed by atoms with van der Waals surface area (Å²) in [6.07, 6.45) is 5.21. The molecule has 1 aromatic heterocycles. The maximum atomic E-state index is 5.59. The Hall–Kier alpha value is -1.36. The molecule has 1 heterocycles. The van der Waals surface area contributed by atoms with Crippen molar-refractivity contribution in [3.8, 4) is 5.88 Å². The molecule has 0 aromatic carbocycles. The number of hydrogen-bond acceptors (Lipinski definition) is 5. The highest BCUT2D eigenvalue weighted by atomic mass is 16.5. The Labute approximate surface area is 114 Å². The van der Waals surface area contributed by atoms with Crippen LogP contribution in [0.25, 0.3) is 0 Å². The summed E-state index contributed by atoms with van der Waals surface area (Å²) in [6, 6.07) is 0. The normalized spacial score (nSPS) is 14.4. The molecule has 0 spiro atoms. The number of ether oxygens (including phenoxy) is 2. The highest BCUT2D eigenvalue weighted by Crippen LogP contribution is 2.28. The minimum absolute atomic E-state index is 0.617. The maximum absolute atomic E-state index is 5.59. The summed E-state index contributed by atoms with van der Waals surface area (Å²) in [5, 5.41) is 3.30. The summed E-state index contributed by atoms with van der Waals surface area (Å²) in [6.45, 7) is 7.14. The first-order valence-corrected chi connectivity index (χ1v) is 7.07. The van der Waals surface area contributed by atoms with Crippen LogP contribution in [-0.2, 0) is 4.74 Å². The average molecular weight is 265 g/mol. The number of aromatic nitrogens is 2. The van der Waals surface area contributed by atoms with Crippen LogP contribution in [0.3, 0.4) is 0 Å². The molecular weight excluding hydrogens is 242 g/mol. The van der Waals surface area contributed by atoms with E-state index < -0.39 is 0 Å². The van der Waals surface area contributed by atoms with Gasteiger partial charge < -0.3 is 14.8 Å². The van der Waals surface area contributed by atoms with E-state index in [9.17, 15) is 0 Å². The van der Waals surface area contributed by atoms with E-state index in [2.05, 4.69) is 15.3 Å². The van der Waals surface area contributed by atoms with Gasteiger partial charge in [-0.05, 0) is 39.0 Å². The lowest BCUT2D eigenvalue weighted by molar-refractivity contribution is 0.124. The van der Waals surface area contributed by atoms with Crippen molar-refractivity contribution < 1.29 is 9.47 Å². The molecule has 1 aromatic rings. The number of rotatable bonds is 9. The lowest BCUT2D eigenvalue weighted by Crippen LogP contribution is -2.10. The zero-order valence-electron chi connectivity index (χ0n) is 11.8. The first-order valence-electron chi connectivity index (χ1n) is 7.07. The molecule has 0 unspecified atom stereocenters. The smallest absolute Gasteiger partial charge is 0.221 e. The number of nitrogens with one attached hydrogen (secondary N) is 1. The molecule has 5 heteroatoms. The first kappa shape index (κ1) is 14.1. The van der Waals surface area contributed by atoms with Crippen molar-refractivity contribution in [2.24, 2.45) is 5.92 Å². The van der Waals surface area contributed by atoms with Crippen molar-refractivity contribution in [3.63, 3.8) is 0 Å². The molecule has 5 nitrogen and oxygen atoms in total. The topological polar surface area (TPSA) is 56.3 Å². The molecule has 1 aliphatic rings. The van der Waals surface area contributed by atoms with Crippen molar-refractivity contribution >= 4 is 5.82 Å². The number of anilines is 1. The second-order valence-corrected chi connectivity index (χ2v) is 4.88. The predicted octanol–water partition coefficient (Wildman–Crippen LogP) is 2.41. The molecule has 106 valence electrons. The fourth-order valence-electron chi connectivity index (χ4n) is 1.81. The van der Waals surface area contributed by atoms with Gasteiger partial charge in [0.15, 0.2) is 0 Å². The number of nitrogens with zero attached hydrogens (tertiary/aromatic N) is 2. The Bertz CT molecular complexity index is 394. The molecule has 0 saturated heterocycles. The van der Waals surface area contributed by atoms with Gasteiger partial charge in [-0.2, -0.15) is 0 Å². The average Bonchev–Trinajstić information content (AvgIpc) is 3.22. The zero-order valence-corrected chi connectivity index (χ0v) is 11.8. The standard InChI is InChI=1S/C14H23N3O2/c1-3-19-14-11(2)13(16-10-17-14)15-7-4-8-18-9-12-5-6-12/h10,12H,3-9H2,1-2H3,(H,15,16,17). The fraction of sp³-hybridized carbons (Fsp3) is 0.714. The van der Waals surface area contributed by atoms with Crippen molar-refractivity contribution in [2.45, 2.75) is 33.1 Å². The maximum Gasteiger partial charge on any atom is 0.221 e. The summed E-state index contributed by atoms with van der Waals surface area (Å²) >= 11 is 0. The molecule has 0 amide bonds. The minimum Gasteiger partial charge on any atom is -0.478 e. The van der Waals surface area contributed by atoms with Crippen molar-refractivity contribution in [3.05, 3.63) is 11.9 Å². The van der Waals surface area contributed by atoms with Gasteiger partial charge >= 0.3 is 0 Å². The second kappa shape index (κ2) is 7.28. The van der Waals surface area contributed by atoms with E-state index in [1.54, 1.807) is 0 Å². The van der Waals surface area contributed by atoms with E-state index in [-0.39, 0.29) is 0 Å². The van der Waals surface area contributed by atoms with E-state index >= 15 is 0 Å². The lowest BCUT2D eigenvalue weighted by Gasteiger charge is -2.11. The molecule has 1 aliphatic carbocycles. The molecule has 0 bridgehead atoms. The van der Waals surface area contributed by atoms with E-state index in [0.717, 1.165) is 43.5 Å². The second-order valence-electron chi connectivity index (χ2n) is 4.88. The largest absolute Gasteiger partial charge is 0.478 e. The Kier molecular flexibility index (Phi) is 5.39. The zero-order chi connectivity index (χ0) is 13.5. The highest BCUT2D eigenvalue weighted by molar-refractivity contribution is 5.47. The molecular formula is C14H23N3O2. The Morgan fingerprint density at radius 1 is 1.37 bits per heavy atom. The molecule has 0 aliphatic heterocycles. The van der Waals surface area contributed by atoms with Crippen LogP contribution in [-0.4, -0.2) is 36.3 Å². The van der Waals surface area contributed by atoms with Gasteiger partial charge in [0.05, 0.1) is 12.2 Å². The van der Waals surface area contributed by atoms with Crippen LogP contribution in [0.15, 0.2) is 6.33 Å². The molecule has 1 saturated carbocycles. The van der Waals surface area contributed by atoms with Crippen molar-refractivity contribution in [1.29, 1.82) is 0 Å². The van der Waals surface area contributed by atoms with Gasteiger partial charge in [-0.15, -0.1) is 0 Å². The quantitative estimate of drug-likeness (QED) is 0.695. The van der Waals surface area contributed by atoms with Gasteiger partial charge in [-0.1, -0.05) is 0 Å². The van der Waals surface area contributed by atoms with Crippen molar-refractivity contribution in [2.75, 3.05) is 31.7 Å². The summed E-state index contributed by atoms with van der Waals surface area (Å²) in [5.74, 6) is 2.34. The summed E-state index contributed by atoms with van der Waals surface area (Å²) in [5.41, 5.74) is 0.961. The summed E-state index contributed by atoms with van der Waals surface area (Å²) in [7, 11) is 0. The molecule has 19 heavy (non-hydrogen) atoms. The summed E-state index contributed by atoms with van der Waals surface area (Å²) in [4.78, 5) is 8.35. The van der Waals surface area contributed by atoms with Crippen molar-refractivity contribution in [1.82, 2.24) is 9.97 Å². The predicted molar refractivity (Wildman–Crippen MR) is 74.6 cm³/mol. The summed E-state index contributed by atoms with van der Waals surface area (Å²) < 4.78 is 11.0. The van der Waals surface area contributed by atoms with Crippen LogP contribution in [0.4, 0.5) is 5.82 Å². The Morgan fingerprint density at radius 2 is 2.21 bits per heavy atom. The third-order valence-corrected chi connectivity index (χ3v) is 3.13. The van der Waals surface area contributed by atoms with Crippen LogP contribution >= 0.6 is 0 Å². The Balaban J connectivity index is 1.67. The fourth-order valence-corrected chi connectivity index (χ4v) is 1.81. The van der Waals surface area contributed by atoms with Gasteiger partial charge in [-0.3, -0.25) is 0 Å². The third kappa shape index (κ3) is 4.67. The molecule has 1 fully saturated rings. The monoisotopic (exact) mass is 265 g/mol. The van der Waals surface area contributed by atoms with Gasteiger partial charge in [0.1, 0.15) is 12.1 Å². The lowest BCUT2D eigenvalue weighted by atomic mass is 10.3. The van der Waals surface area contributed by atoms with Crippen LogP contribution in [0.1, 0.15) is 31.7 Å². The van der Waals surface area contributed by atoms with Crippen LogP contribution in [0.2, 0.25) is 0 Å². The SMILES string of the molecule is CCOc1ncnc(NCCCOCC2CC2)c1C. The molecule has 0 atom stereocenters. The minimum atomic E-state index is 0.617. The molecule has 1 N–H and O–H groups in total. The van der Waals surface area contributed by atoms with Crippen LogP contribution < -0.4 is 10.1 Å². The Morgan fingerprint density at radius 3 is 2.95 bits per heavy atom. The van der Waals surface area contributed by atoms with Crippen LogP contribution in [0, 0.1) is 12.8 Å². The van der Waals surface area contributed by atoms with Crippen LogP contribution in [0.5, 0.6) is 5.88 Å². The highest BCUT2D eigenvalue weighted by Gasteiger charge is 2.20. The van der Waals surface area contributed by atoms with Gasteiger partial charge in [0, 0.05) is 19.8 Å². The van der Waals surface area contributed by atoms with Gasteiger partial charge in [0.25, 0.3) is 0 Å². The van der Waals surface area contributed by atoms with Gasteiger partial charge in [0.2, 0.25) is 5.88 Å². The van der Waals surface area contributed by atoms with E-state index in [0.29, 0.717) is 12.5 Å². The molecule has 0 radical (unpaired) electrons. The number of hydrogen-bond donors (Lipinski definition) is 1. The third-order valence-electron chi connectivity index (χ3n) is 3.13. The van der Waals surface area contributed by atoms with Gasteiger partial charge in [-0.25, -0.2) is 9.97 Å². The molecule has 2 rings (SSSR count). The van der Waals surface area contributed by atoms with E-state index in [4.69, 9.17) is 9.47 Å². The van der Waals surface area contributed by atoms with E-state index in [1.165, 1.54) is 19.2 Å². The van der Waals surface area contributed by atoms with E-state index in [1.807, 2.05) is 13.8 Å². The first-order chi connectivity index (χ1) is 9.31.